The van der Waals surface area contributed by atoms with Gasteiger partial charge in [-0.3, -0.25) is 4.79 Å². The molecular formula is C19H26BF3O5. The van der Waals surface area contributed by atoms with E-state index < -0.39 is 41.8 Å². The Balaban J connectivity index is 2.53. The van der Waals surface area contributed by atoms with Crippen LogP contribution in [0.4, 0.5) is 13.2 Å². The summed E-state index contributed by atoms with van der Waals surface area (Å²) in [6.07, 6.45) is -4.94. The van der Waals surface area contributed by atoms with E-state index in [1.807, 2.05) is 0 Å². The Morgan fingerprint density at radius 2 is 1.75 bits per heavy atom. The molecule has 0 aliphatic carbocycles. The van der Waals surface area contributed by atoms with Crippen molar-refractivity contribution in [3.05, 3.63) is 29.3 Å². The quantitative estimate of drug-likeness (QED) is 0.522. The van der Waals surface area contributed by atoms with E-state index in [-0.39, 0.29) is 24.3 Å². The highest BCUT2D eigenvalue weighted by atomic mass is 19.4. The number of ether oxygens (including phenoxy) is 2. The second kappa shape index (κ2) is 7.95. The molecular weight excluding hydrogens is 376 g/mol. The summed E-state index contributed by atoms with van der Waals surface area (Å²) in [6, 6.07) is 3.64. The number of hydrogen-bond acceptors (Lipinski definition) is 5. The number of alkyl halides is 3. The number of esters is 1. The molecule has 0 N–H and O–H groups in total. The Morgan fingerprint density at radius 1 is 1.18 bits per heavy atom. The minimum absolute atomic E-state index is 0.0693. The zero-order valence-corrected chi connectivity index (χ0v) is 17.0. The van der Waals surface area contributed by atoms with Crippen molar-refractivity contribution < 1.29 is 36.7 Å². The van der Waals surface area contributed by atoms with Crippen molar-refractivity contribution in [2.75, 3.05) is 13.7 Å². The van der Waals surface area contributed by atoms with Crippen molar-refractivity contribution in [2.45, 2.75) is 64.2 Å². The first-order chi connectivity index (χ1) is 12.8. The van der Waals surface area contributed by atoms with Gasteiger partial charge in [0, 0.05) is 5.82 Å². The number of benzene rings is 1. The second-order valence-corrected chi connectivity index (χ2v) is 7.69. The first-order valence-corrected chi connectivity index (χ1v) is 9.08. The highest BCUT2D eigenvalue weighted by Crippen LogP contribution is 2.45. The van der Waals surface area contributed by atoms with Gasteiger partial charge in [-0.25, -0.2) is 0 Å². The lowest BCUT2D eigenvalue weighted by Gasteiger charge is -2.32. The molecule has 1 aliphatic rings. The molecule has 156 valence electrons. The molecule has 1 aliphatic heterocycles. The summed E-state index contributed by atoms with van der Waals surface area (Å²) in [5, 5.41) is 0. The van der Waals surface area contributed by atoms with Crippen molar-refractivity contribution in [3.8, 4) is 5.75 Å². The fourth-order valence-corrected chi connectivity index (χ4v) is 3.04. The number of carbonyl (C=O) groups excluding carboxylic acids is 1. The van der Waals surface area contributed by atoms with Crippen LogP contribution in [0.15, 0.2) is 18.2 Å². The van der Waals surface area contributed by atoms with Crippen LogP contribution in [0.5, 0.6) is 5.75 Å². The standard InChI is InChI=1S/C19H26BF3O5/c1-7-26-16(24)11-15(20-27-17(2,3)18(4,5)28-20)13-9-8-12(25-6)10-14(13)19(21,22)23/h8-10,15H,7,11H2,1-6H3. The van der Waals surface area contributed by atoms with Gasteiger partial charge in [-0.05, 0) is 52.3 Å². The monoisotopic (exact) mass is 402 g/mol. The molecule has 9 heteroatoms. The predicted octanol–water partition coefficient (Wildman–Crippen LogP) is 4.38. The van der Waals surface area contributed by atoms with Gasteiger partial charge in [0.1, 0.15) is 5.75 Å². The third kappa shape index (κ3) is 4.63. The fraction of sp³-hybridized carbons (Fsp3) is 0.632. The van der Waals surface area contributed by atoms with Crippen LogP contribution >= 0.6 is 0 Å². The van der Waals surface area contributed by atoms with E-state index in [1.165, 1.54) is 19.2 Å². The van der Waals surface area contributed by atoms with E-state index in [9.17, 15) is 18.0 Å². The van der Waals surface area contributed by atoms with Gasteiger partial charge in [0.05, 0.1) is 36.9 Å². The first-order valence-electron chi connectivity index (χ1n) is 9.08. The highest BCUT2D eigenvalue weighted by Gasteiger charge is 2.55. The van der Waals surface area contributed by atoms with Crippen LogP contribution in [-0.2, 0) is 25.0 Å². The van der Waals surface area contributed by atoms with Gasteiger partial charge >= 0.3 is 19.3 Å². The molecule has 0 radical (unpaired) electrons. The maximum absolute atomic E-state index is 13.7. The molecule has 1 unspecified atom stereocenters. The molecule has 28 heavy (non-hydrogen) atoms. The summed E-state index contributed by atoms with van der Waals surface area (Å²) >= 11 is 0. The minimum Gasteiger partial charge on any atom is -0.497 e. The lowest BCUT2D eigenvalue weighted by molar-refractivity contribution is -0.144. The Bertz CT molecular complexity index is 702. The average Bonchev–Trinajstić information content (AvgIpc) is 2.79. The van der Waals surface area contributed by atoms with E-state index >= 15 is 0 Å². The van der Waals surface area contributed by atoms with Crippen LogP contribution in [0.1, 0.15) is 58.0 Å². The second-order valence-electron chi connectivity index (χ2n) is 7.69. The Morgan fingerprint density at radius 3 is 2.21 bits per heavy atom. The molecule has 0 spiro atoms. The van der Waals surface area contributed by atoms with Crippen LogP contribution in [0, 0.1) is 0 Å². The maximum atomic E-state index is 13.7. The number of methoxy groups -OCH3 is 1. The lowest BCUT2D eigenvalue weighted by atomic mass is 9.65. The van der Waals surface area contributed by atoms with E-state index in [0.29, 0.717) is 0 Å². The number of carbonyl (C=O) groups is 1. The van der Waals surface area contributed by atoms with Crippen LogP contribution in [-0.4, -0.2) is 38.0 Å². The third-order valence-corrected chi connectivity index (χ3v) is 5.26. The number of halogens is 3. The molecule has 1 aromatic rings. The van der Waals surface area contributed by atoms with E-state index in [1.54, 1.807) is 34.6 Å². The van der Waals surface area contributed by atoms with Gasteiger partial charge in [0.15, 0.2) is 0 Å². The van der Waals surface area contributed by atoms with Gasteiger partial charge in [-0.15, -0.1) is 0 Å². The topological polar surface area (TPSA) is 54.0 Å². The number of rotatable bonds is 6. The van der Waals surface area contributed by atoms with Crippen molar-refractivity contribution in [2.24, 2.45) is 0 Å². The normalized spacial score (nSPS) is 19.4. The van der Waals surface area contributed by atoms with E-state index in [0.717, 1.165) is 6.07 Å². The van der Waals surface area contributed by atoms with Crippen molar-refractivity contribution in [1.29, 1.82) is 0 Å². The summed E-state index contributed by atoms with van der Waals surface area (Å²) in [5.74, 6) is -1.55. The number of hydrogen-bond donors (Lipinski definition) is 0. The zero-order valence-electron chi connectivity index (χ0n) is 17.0. The van der Waals surface area contributed by atoms with Crippen LogP contribution in [0.25, 0.3) is 0 Å². The van der Waals surface area contributed by atoms with Crippen LogP contribution < -0.4 is 4.74 Å². The molecule has 1 fully saturated rings. The van der Waals surface area contributed by atoms with Crippen LogP contribution in [0.2, 0.25) is 0 Å². The smallest absolute Gasteiger partial charge is 0.466 e. The minimum atomic E-state index is -4.64. The van der Waals surface area contributed by atoms with Crippen molar-refractivity contribution in [1.82, 2.24) is 0 Å². The lowest BCUT2D eigenvalue weighted by Crippen LogP contribution is -2.41. The Kier molecular flexibility index (Phi) is 6.40. The SMILES string of the molecule is CCOC(=O)CC(B1OC(C)(C)C(C)(C)O1)c1ccc(OC)cc1C(F)(F)F. The van der Waals surface area contributed by atoms with Crippen molar-refractivity contribution >= 4 is 13.1 Å². The average molecular weight is 402 g/mol. The molecule has 1 heterocycles. The van der Waals surface area contributed by atoms with E-state index in [4.69, 9.17) is 18.8 Å². The van der Waals surface area contributed by atoms with Crippen molar-refractivity contribution in [3.63, 3.8) is 0 Å². The summed E-state index contributed by atoms with van der Waals surface area (Å²) in [6.45, 7) is 8.96. The Labute approximate surface area is 163 Å². The summed E-state index contributed by atoms with van der Waals surface area (Å²) in [5.41, 5.74) is -2.50. The summed E-state index contributed by atoms with van der Waals surface area (Å²) in [7, 11) is 0.253. The Hall–Kier alpha value is -1.74. The maximum Gasteiger partial charge on any atom is 0.466 e. The predicted molar refractivity (Wildman–Crippen MR) is 98.1 cm³/mol. The molecule has 2 rings (SSSR count). The molecule has 0 amide bonds. The largest absolute Gasteiger partial charge is 0.497 e. The van der Waals surface area contributed by atoms with E-state index in [2.05, 4.69) is 0 Å². The van der Waals surface area contributed by atoms with Gasteiger partial charge in [0.2, 0.25) is 0 Å². The molecule has 1 saturated heterocycles. The molecule has 0 bridgehead atoms. The highest BCUT2D eigenvalue weighted by molar-refractivity contribution is 6.48. The van der Waals surface area contributed by atoms with Gasteiger partial charge in [-0.1, -0.05) is 6.07 Å². The molecule has 5 nitrogen and oxygen atoms in total. The fourth-order valence-electron chi connectivity index (χ4n) is 3.04. The first kappa shape index (κ1) is 22.6. The summed E-state index contributed by atoms with van der Waals surface area (Å²) in [4.78, 5) is 12.2. The molecule has 0 aromatic heterocycles. The third-order valence-electron chi connectivity index (χ3n) is 5.26. The molecule has 1 aromatic carbocycles. The van der Waals surface area contributed by atoms with Gasteiger partial charge < -0.3 is 18.8 Å². The molecule has 0 saturated carbocycles. The van der Waals surface area contributed by atoms with Crippen LogP contribution in [0.3, 0.4) is 0 Å². The summed E-state index contributed by atoms with van der Waals surface area (Å²) < 4.78 is 63.1. The van der Waals surface area contributed by atoms with Gasteiger partial charge in [-0.2, -0.15) is 13.2 Å². The van der Waals surface area contributed by atoms with Gasteiger partial charge in [0.25, 0.3) is 0 Å². The zero-order chi connectivity index (χ0) is 21.3. The molecule has 1 atom stereocenters.